The van der Waals surface area contributed by atoms with Gasteiger partial charge in [0.2, 0.25) is 11.8 Å². The Kier molecular flexibility index (Phi) is 6.88. The summed E-state index contributed by atoms with van der Waals surface area (Å²) >= 11 is 0. The summed E-state index contributed by atoms with van der Waals surface area (Å²) < 4.78 is 41.7. The summed E-state index contributed by atoms with van der Waals surface area (Å²) in [7, 11) is -2.89. The van der Waals surface area contributed by atoms with Crippen molar-refractivity contribution in [2.75, 3.05) is 12.4 Å². The summed E-state index contributed by atoms with van der Waals surface area (Å²) in [6.07, 6.45) is -0.124. The molecule has 0 aliphatic carbocycles. The van der Waals surface area contributed by atoms with E-state index in [2.05, 4.69) is 15.4 Å². The second-order valence-electron chi connectivity index (χ2n) is 7.38. The van der Waals surface area contributed by atoms with Gasteiger partial charge in [0.05, 0.1) is 11.6 Å². The normalized spacial score (nSPS) is 21.2. The van der Waals surface area contributed by atoms with Gasteiger partial charge in [0.1, 0.15) is 24.0 Å². The monoisotopic (exact) mass is 459 g/mol. The van der Waals surface area contributed by atoms with E-state index >= 15 is 0 Å². The van der Waals surface area contributed by atoms with Gasteiger partial charge in [-0.3, -0.25) is 9.59 Å². The van der Waals surface area contributed by atoms with E-state index in [1.54, 1.807) is 13.0 Å². The quantitative estimate of drug-likeness (QED) is 0.622. The van der Waals surface area contributed by atoms with Gasteiger partial charge in [-0.2, -0.15) is 22.7 Å². The fourth-order valence-corrected chi connectivity index (χ4v) is 4.58. The van der Waals surface area contributed by atoms with Gasteiger partial charge in [-0.05, 0) is 37.1 Å². The average Bonchev–Trinajstić information content (AvgIpc) is 2.77. The van der Waals surface area contributed by atoms with Gasteiger partial charge < -0.3 is 10.6 Å². The number of halogens is 1. The standard InChI is InChI=1S/C21H22FN5O4S/c1-13(14-6-4-3-5-7-14)24-20(28)18-11-19(27(2)32(30,31)26-18)21(29)25-16-8-9-17(22)15(10-16)12-23/h3-10,13,18-19,26H,11H2,1-2H3,(H,24,28)(H,25,29)/t13-,18?,19?/m1/s1. The molecule has 0 spiro atoms. The van der Waals surface area contributed by atoms with Crippen LogP contribution < -0.4 is 15.4 Å². The molecule has 1 aliphatic heterocycles. The maximum atomic E-state index is 13.5. The lowest BCUT2D eigenvalue weighted by molar-refractivity contribution is -0.125. The van der Waals surface area contributed by atoms with E-state index in [1.807, 2.05) is 30.3 Å². The minimum atomic E-state index is -4.11. The number of carbonyl (C=O) groups is 2. The first-order valence-corrected chi connectivity index (χ1v) is 11.2. The van der Waals surface area contributed by atoms with Crippen LogP contribution in [0.4, 0.5) is 10.1 Å². The van der Waals surface area contributed by atoms with E-state index < -0.39 is 39.9 Å². The van der Waals surface area contributed by atoms with Gasteiger partial charge >= 0.3 is 0 Å². The Morgan fingerprint density at radius 3 is 2.56 bits per heavy atom. The second-order valence-corrected chi connectivity index (χ2v) is 9.14. The zero-order chi connectivity index (χ0) is 23.5. The molecule has 3 atom stereocenters. The molecule has 9 nitrogen and oxygen atoms in total. The van der Waals surface area contributed by atoms with Gasteiger partial charge in [-0.25, -0.2) is 4.39 Å². The van der Waals surface area contributed by atoms with E-state index in [1.165, 1.54) is 13.1 Å². The first-order valence-electron chi connectivity index (χ1n) is 9.73. The maximum Gasteiger partial charge on any atom is 0.280 e. The van der Waals surface area contributed by atoms with Crippen molar-refractivity contribution in [2.24, 2.45) is 0 Å². The lowest BCUT2D eigenvalue weighted by atomic mass is 10.0. The Morgan fingerprint density at radius 1 is 1.22 bits per heavy atom. The van der Waals surface area contributed by atoms with Crippen LogP contribution in [0.2, 0.25) is 0 Å². The molecule has 11 heteroatoms. The van der Waals surface area contributed by atoms with E-state index in [4.69, 9.17) is 5.26 Å². The molecule has 2 unspecified atom stereocenters. The maximum absolute atomic E-state index is 13.5. The molecule has 1 fully saturated rings. The van der Waals surface area contributed by atoms with Crippen LogP contribution in [0.3, 0.4) is 0 Å². The molecule has 3 rings (SSSR count). The topological polar surface area (TPSA) is 131 Å². The highest BCUT2D eigenvalue weighted by Gasteiger charge is 2.42. The minimum Gasteiger partial charge on any atom is -0.348 e. The van der Waals surface area contributed by atoms with Crippen LogP contribution in [0.1, 0.15) is 30.5 Å². The Labute approximate surface area is 185 Å². The third-order valence-electron chi connectivity index (χ3n) is 5.20. The Bertz CT molecular complexity index is 1170. The van der Waals surface area contributed by atoms with Crippen LogP contribution in [0, 0.1) is 17.1 Å². The zero-order valence-electron chi connectivity index (χ0n) is 17.4. The summed E-state index contributed by atoms with van der Waals surface area (Å²) in [5.41, 5.74) is 0.716. The summed E-state index contributed by atoms with van der Waals surface area (Å²) in [4.78, 5) is 25.6. The summed E-state index contributed by atoms with van der Waals surface area (Å²) in [6, 6.07) is 11.5. The number of hydrogen-bond donors (Lipinski definition) is 3. The molecule has 2 amide bonds. The molecule has 32 heavy (non-hydrogen) atoms. The number of carbonyl (C=O) groups excluding carboxylic acids is 2. The molecule has 1 aliphatic rings. The van der Waals surface area contributed by atoms with Crippen LogP contribution in [-0.4, -0.2) is 43.7 Å². The van der Waals surface area contributed by atoms with Crippen LogP contribution in [0.25, 0.3) is 0 Å². The minimum absolute atomic E-state index is 0.124. The first-order chi connectivity index (χ1) is 15.1. The van der Waals surface area contributed by atoms with Crippen LogP contribution in [0.5, 0.6) is 0 Å². The van der Waals surface area contributed by atoms with Gasteiger partial charge in [0.15, 0.2) is 0 Å². The number of benzene rings is 2. The number of nitriles is 1. The molecule has 3 N–H and O–H groups in total. The molecule has 0 aromatic heterocycles. The van der Waals surface area contributed by atoms with Crippen molar-refractivity contribution < 1.29 is 22.4 Å². The fraction of sp³-hybridized carbons (Fsp3) is 0.286. The second kappa shape index (κ2) is 9.44. The molecule has 0 saturated carbocycles. The number of nitrogens with zero attached hydrogens (tertiary/aromatic N) is 2. The van der Waals surface area contributed by atoms with Crippen LogP contribution >= 0.6 is 0 Å². The van der Waals surface area contributed by atoms with Crippen molar-refractivity contribution in [3.63, 3.8) is 0 Å². The van der Waals surface area contributed by atoms with E-state index in [9.17, 15) is 22.4 Å². The van der Waals surface area contributed by atoms with Gasteiger partial charge in [-0.15, -0.1) is 0 Å². The van der Waals surface area contributed by atoms with Crippen molar-refractivity contribution in [3.8, 4) is 6.07 Å². The van der Waals surface area contributed by atoms with Crippen molar-refractivity contribution in [1.29, 1.82) is 5.26 Å². The molecule has 1 saturated heterocycles. The van der Waals surface area contributed by atoms with Crippen molar-refractivity contribution >= 4 is 27.7 Å². The molecular weight excluding hydrogens is 437 g/mol. The lowest BCUT2D eigenvalue weighted by Gasteiger charge is -2.35. The number of likely N-dealkylation sites (N-methyl/N-ethyl adjacent to an activating group) is 1. The number of nitrogens with one attached hydrogen (secondary N) is 3. The van der Waals surface area contributed by atoms with Crippen molar-refractivity contribution in [1.82, 2.24) is 14.3 Å². The highest BCUT2D eigenvalue weighted by Crippen LogP contribution is 2.21. The Morgan fingerprint density at radius 2 is 1.91 bits per heavy atom. The highest BCUT2D eigenvalue weighted by atomic mass is 32.2. The fourth-order valence-electron chi connectivity index (χ4n) is 3.34. The first kappa shape index (κ1) is 23.3. The van der Waals surface area contributed by atoms with Crippen molar-refractivity contribution in [2.45, 2.75) is 31.5 Å². The summed E-state index contributed by atoms with van der Waals surface area (Å²) in [5, 5.41) is 14.2. The molecule has 1 heterocycles. The molecule has 168 valence electrons. The van der Waals surface area contributed by atoms with E-state index in [0.717, 1.165) is 22.0 Å². The molecule has 2 aromatic rings. The van der Waals surface area contributed by atoms with Gasteiger partial charge in [-0.1, -0.05) is 30.3 Å². The predicted octanol–water partition coefficient (Wildman–Crippen LogP) is 1.42. The molecular formula is C21H22FN5O4S. The van der Waals surface area contributed by atoms with Crippen LogP contribution in [-0.2, 0) is 19.8 Å². The number of amides is 2. The lowest BCUT2D eigenvalue weighted by Crippen LogP contribution is -2.62. The van der Waals surface area contributed by atoms with Gasteiger partial charge in [0.25, 0.3) is 10.2 Å². The molecule has 0 bridgehead atoms. The number of rotatable bonds is 5. The summed E-state index contributed by atoms with van der Waals surface area (Å²) in [6.45, 7) is 1.77. The van der Waals surface area contributed by atoms with Crippen LogP contribution in [0.15, 0.2) is 48.5 Å². The number of anilines is 1. The third kappa shape index (κ3) is 5.11. The summed E-state index contributed by atoms with van der Waals surface area (Å²) in [5.74, 6) is -2.01. The average molecular weight is 460 g/mol. The smallest absolute Gasteiger partial charge is 0.280 e. The zero-order valence-corrected chi connectivity index (χ0v) is 18.2. The Balaban J connectivity index is 1.75. The predicted molar refractivity (Wildman–Crippen MR) is 115 cm³/mol. The van der Waals surface area contributed by atoms with E-state index in [-0.39, 0.29) is 23.7 Å². The SMILES string of the molecule is C[C@@H](NC(=O)C1CC(C(=O)Nc2ccc(F)c(C#N)c2)N(C)S(=O)(=O)N1)c1ccccc1. The number of hydrogen-bond acceptors (Lipinski definition) is 5. The molecule has 0 radical (unpaired) electrons. The van der Waals surface area contributed by atoms with E-state index in [0.29, 0.717) is 0 Å². The van der Waals surface area contributed by atoms with Gasteiger partial charge in [0, 0.05) is 12.7 Å². The third-order valence-corrected chi connectivity index (χ3v) is 6.80. The Hall–Kier alpha value is -3.33. The van der Waals surface area contributed by atoms with Crippen molar-refractivity contribution in [3.05, 3.63) is 65.5 Å². The highest BCUT2D eigenvalue weighted by molar-refractivity contribution is 7.87. The molecule has 2 aromatic carbocycles. The largest absolute Gasteiger partial charge is 0.348 e.